The van der Waals surface area contributed by atoms with Crippen LogP contribution in [-0.2, 0) is 11.2 Å². The SMILES string of the molecule is COCCc1noc(C2CCCCN2C(=O)c2cn3ccc(C)cc3n2)n1. The summed E-state index contributed by atoms with van der Waals surface area (Å²) < 4.78 is 12.4. The number of imidazole rings is 1. The van der Waals surface area contributed by atoms with Crippen molar-refractivity contribution < 1.29 is 14.1 Å². The van der Waals surface area contributed by atoms with Crippen LogP contribution in [0, 0.1) is 6.92 Å². The number of fused-ring (bicyclic) bond motifs is 1. The van der Waals surface area contributed by atoms with Gasteiger partial charge in [-0.1, -0.05) is 5.16 Å². The molecule has 3 aromatic rings. The Balaban J connectivity index is 1.59. The number of piperidine rings is 1. The first kappa shape index (κ1) is 17.7. The van der Waals surface area contributed by atoms with Crippen LogP contribution in [0.1, 0.15) is 53.1 Å². The maximum absolute atomic E-state index is 13.2. The number of methoxy groups -OCH3 is 1. The Morgan fingerprint density at radius 3 is 3.11 bits per heavy atom. The number of hydrogen-bond donors (Lipinski definition) is 0. The van der Waals surface area contributed by atoms with Gasteiger partial charge in [0.05, 0.1) is 6.61 Å². The van der Waals surface area contributed by atoms with E-state index in [0.29, 0.717) is 37.0 Å². The van der Waals surface area contributed by atoms with E-state index >= 15 is 0 Å². The van der Waals surface area contributed by atoms with E-state index in [2.05, 4.69) is 15.1 Å². The molecule has 4 rings (SSSR count). The van der Waals surface area contributed by atoms with Crippen molar-refractivity contribution in [3.63, 3.8) is 0 Å². The van der Waals surface area contributed by atoms with Gasteiger partial charge < -0.3 is 18.6 Å². The fourth-order valence-electron chi connectivity index (χ4n) is 3.46. The van der Waals surface area contributed by atoms with Crippen LogP contribution in [0.4, 0.5) is 0 Å². The largest absolute Gasteiger partial charge is 0.384 e. The first-order chi connectivity index (χ1) is 13.2. The minimum atomic E-state index is -0.207. The van der Waals surface area contributed by atoms with Crippen molar-refractivity contribution in [3.05, 3.63) is 47.5 Å². The van der Waals surface area contributed by atoms with Crippen LogP contribution in [0.5, 0.6) is 0 Å². The molecule has 1 aliphatic heterocycles. The molecule has 0 saturated carbocycles. The van der Waals surface area contributed by atoms with Gasteiger partial charge in [0.2, 0.25) is 5.89 Å². The number of hydrogen-bond acceptors (Lipinski definition) is 6. The van der Waals surface area contributed by atoms with E-state index in [-0.39, 0.29) is 11.9 Å². The summed E-state index contributed by atoms with van der Waals surface area (Å²) >= 11 is 0. The smallest absolute Gasteiger partial charge is 0.274 e. The number of ether oxygens (including phenoxy) is 1. The number of carbonyl (C=O) groups is 1. The van der Waals surface area contributed by atoms with E-state index in [4.69, 9.17) is 9.26 Å². The third kappa shape index (κ3) is 3.57. The highest BCUT2D eigenvalue weighted by molar-refractivity contribution is 5.93. The summed E-state index contributed by atoms with van der Waals surface area (Å²) in [6.07, 6.45) is 7.08. The summed E-state index contributed by atoms with van der Waals surface area (Å²) in [6.45, 7) is 3.20. The van der Waals surface area contributed by atoms with Crippen LogP contribution >= 0.6 is 0 Å². The summed E-state index contributed by atoms with van der Waals surface area (Å²) in [5, 5.41) is 4.02. The van der Waals surface area contributed by atoms with E-state index in [9.17, 15) is 4.79 Å². The highest BCUT2D eigenvalue weighted by atomic mass is 16.5. The lowest BCUT2D eigenvalue weighted by molar-refractivity contribution is 0.0556. The summed E-state index contributed by atoms with van der Waals surface area (Å²) in [5.41, 5.74) is 2.32. The fourth-order valence-corrected chi connectivity index (χ4v) is 3.46. The van der Waals surface area contributed by atoms with Gasteiger partial charge in [0.1, 0.15) is 17.4 Å². The van der Waals surface area contributed by atoms with Gasteiger partial charge in [-0.2, -0.15) is 4.98 Å². The number of pyridine rings is 1. The molecule has 1 fully saturated rings. The Bertz CT molecular complexity index is 948. The second kappa shape index (κ2) is 7.48. The zero-order chi connectivity index (χ0) is 18.8. The lowest BCUT2D eigenvalue weighted by atomic mass is 10.0. The standard InChI is InChI=1S/C19H23N5O3/c1-13-6-9-23-12-14(20-17(23)11-13)19(25)24-8-4-3-5-15(24)18-21-16(22-27-18)7-10-26-2/h6,9,11-12,15H,3-5,7-8,10H2,1-2H3. The summed E-state index contributed by atoms with van der Waals surface area (Å²) in [5.74, 6) is 1.000. The first-order valence-electron chi connectivity index (χ1n) is 9.23. The molecule has 0 aromatic carbocycles. The van der Waals surface area contributed by atoms with Crippen LogP contribution in [-0.4, -0.2) is 50.6 Å². The van der Waals surface area contributed by atoms with E-state index in [1.807, 2.05) is 34.6 Å². The summed E-state index contributed by atoms with van der Waals surface area (Å²) in [7, 11) is 1.64. The zero-order valence-electron chi connectivity index (χ0n) is 15.6. The molecule has 1 saturated heterocycles. The number of rotatable bonds is 5. The Kier molecular flexibility index (Phi) is 4.89. The maximum Gasteiger partial charge on any atom is 0.274 e. The number of aromatic nitrogens is 4. The van der Waals surface area contributed by atoms with Crippen molar-refractivity contribution >= 4 is 11.6 Å². The highest BCUT2D eigenvalue weighted by Gasteiger charge is 2.33. The molecule has 1 atom stereocenters. The molecule has 142 valence electrons. The average Bonchev–Trinajstić information content (AvgIpc) is 3.32. The van der Waals surface area contributed by atoms with Gasteiger partial charge in [0.25, 0.3) is 5.91 Å². The second-order valence-electron chi connectivity index (χ2n) is 6.90. The molecule has 0 N–H and O–H groups in total. The molecule has 4 heterocycles. The molecular formula is C19H23N5O3. The van der Waals surface area contributed by atoms with Gasteiger partial charge >= 0.3 is 0 Å². The van der Waals surface area contributed by atoms with E-state index in [0.717, 1.165) is 30.5 Å². The van der Waals surface area contributed by atoms with Gasteiger partial charge in [0.15, 0.2) is 5.82 Å². The Morgan fingerprint density at radius 1 is 1.37 bits per heavy atom. The topological polar surface area (TPSA) is 85.8 Å². The van der Waals surface area contributed by atoms with Crippen LogP contribution in [0.15, 0.2) is 29.0 Å². The average molecular weight is 369 g/mol. The molecule has 8 heteroatoms. The third-order valence-electron chi connectivity index (χ3n) is 4.90. The molecule has 27 heavy (non-hydrogen) atoms. The highest BCUT2D eigenvalue weighted by Crippen LogP contribution is 2.31. The quantitative estimate of drug-likeness (QED) is 0.687. The fraction of sp³-hybridized carbons (Fsp3) is 0.474. The van der Waals surface area contributed by atoms with Crippen molar-refractivity contribution in [3.8, 4) is 0 Å². The molecule has 1 amide bonds. The van der Waals surface area contributed by atoms with Gasteiger partial charge in [-0.15, -0.1) is 0 Å². The van der Waals surface area contributed by atoms with Crippen molar-refractivity contribution in [2.45, 2.75) is 38.6 Å². The van der Waals surface area contributed by atoms with E-state index in [1.54, 1.807) is 13.3 Å². The van der Waals surface area contributed by atoms with Crippen molar-refractivity contribution in [2.24, 2.45) is 0 Å². The minimum absolute atomic E-state index is 0.0994. The first-order valence-corrected chi connectivity index (χ1v) is 9.23. The van der Waals surface area contributed by atoms with Gasteiger partial charge in [-0.3, -0.25) is 4.79 Å². The Hall–Kier alpha value is -2.74. The molecule has 0 aliphatic carbocycles. The second-order valence-corrected chi connectivity index (χ2v) is 6.90. The van der Waals surface area contributed by atoms with Crippen LogP contribution < -0.4 is 0 Å². The number of likely N-dealkylation sites (tertiary alicyclic amines) is 1. The lowest BCUT2D eigenvalue weighted by Gasteiger charge is -2.32. The molecule has 1 aliphatic rings. The Labute approximate surface area is 157 Å². The van der Waals surface area contributed by atoms with Crippen LogP contribution in [0.3, 0.4) is 0 Å². The van der Waals surface area contributed by atoms with Crippen LogP contribution in [0.2, 0.25) is 0 Å². The van der Waals surface area contributed by atoms with Crippen molar-refractivity contribution in [1.29, 1.82) is 0 Å². The van der Waals surface area contributed by atoms with Gasteiger partial charge in [0, 0.05) is 32.5 Å². The molecule has 3 aromatic heterocycles. The molecular weight excluding hydrogens is 346 g/mol. The summed E-state index contributed by atoms with van der Waals surface area (Å²) in [6, 6.07) is 3.75. The number of amides is 1. The predicted molar refractivity (Wildman–Crippen MR) is 97.4 cm³/mol. The molecule has 8 nitrogen and oxygen atoms in total. The molecule has 0 radical (unpaired) electrons. The number of carbonyl (C=O) groups excluding carboxylic acids is 1. The van der Waals surface area contributed by atoms with Crippen molar-refractivity contribution in [1.82, 2.24) is 24.4 Å². The minimum Gasteiger partial charge on any atom is -0.384 e. The van der Waals surface area contributed by atoms with Crippen LogP contribution in [0.25, 0.3) is 5.65 Å². The molecule has 1 unspecified atom stereocenters. The summed E-state index contributed by atoms with van der Waals surface area (Å²) in [4.78, 5) is 24.0. The monoisotopic (exact) mass is 369 g/mol. The van der Waals surface area contributed by atoms with Gasteiger partial charge in [-0.05, 0) is 43.9 Å². The van der Waals surface area contributed by atoms with E-state index in [1.165, 1.54) is 0 Å². The lowest BCUT2D eigenvalue weighted by Crippen LogP contribution is -2.38. The normalized spacial score (nSPS) is 17.6. The van der Waals surface area contributed by atoms with Crippen molar-refractivity contribution in [2.75, 3.05) is 20.3 Å². The molecule has 0 bridgehead atoms. The number of nitrogens with zero attached hydrogens (tertiary/aromatic N) is 5. The maximum atomic E-state index is 13.2. The zero-order valence-corrected chi connectivity index (χ0v) is 15.6. The predicted octanol–water partition coefficient (Wildman–Crippen LogP) is 2.58. The number of aryl methyl sites for hydroxylation is 1. The third-order valence-corrected chi connectivity index (χ3v) is 4.90. The molecule has 0 spiro atoms. The van der Waals surface area contributed by atoms with E-state index < -0.39 is 0 Å². The van der Waals surface area contributed by atoms with Gasteiger partial charge in [-0.25, -0.2) is 4.98 Å². The Morgan fingerprint density at radius 2 is 2.26 bits per heavy atom.